The molecule has 0 heterocycles. The van der Waals surface area contributed by atoms with Crippen molar-refractivity contribution < 1.29 is 9.72 Å². The van der Waals surface area contributed by atoms with Crippen LogP contribution in [0.4, 0.5) is 11.4 Å². The number of non-ortho nitro benzene ring substituents is 1. The van der Waals surface area contributed by atoms with Gasteiger partial charge in [0.1, 0.15) is 6.07 Å². The summed E-state index contributed by atoms with van der Waals surface area (Å²) in [5.74, 6) is -0.474. The topological polar surface area (TPSA) is 122 Å². The molecule has 19 heavy (non-hydrogen) atoms. The summed E-state index contributed by atoms with van der Waals surface area (Å²) in [5.41, 5.74) is 4.91. The first-order valence-corrected chi connectivity index (χ1v) is 5.50. The lowest BCUT2D eigenvalue weighted by Crippen LogP contribution is -2.36. The van der Waals surface area contributed by atoms with Crippen LogP contribution in [0.5, 0.6) is 0 Å². The van der Waals surface area contributed by atoms with Gasteiger partial charge in [-0.05, 0) is 19.9 Å². The van der Waals surface area contributed by atoms with E-state index in [2.05, 4.69) is 5.32 Å². The Morgan fingerprint density at radius 2 is 2.21 bits per heavy atom. The summed E-state index contributed by atoms with van der Waals surface area (Å²) in [6, 6.07) is 5.81. The van der Waals surface area contributed by atoms with Crippen LogP contribution < -0.4 is 11.1 Å². The second kappa shape index (κ2) is 5.35. The van der Waals surface area contributed by atoms with Gasteiger partial charge < -0.3 is 11.1 Å². The van der Waals surface area contributed by atoms with E-state index in [0.29, 0.717) is 5.69 Å². The van der Waals surface area contributed by atoms with E-state index in [1.54, 1.807) is 13.8 Å². The molecule has 0 aliphatic carbocycles. The summed E-state index contributed by atoms with van der Waals surface area (Å²) < 4.78 is 0. The highest BCUT2D eigenvalue weighted by atomic mass is 16.6. The molecule has 0 fully saturated rings. The van der Waals surface area contributed by atoms with Crippen molar-refractivity contribution in [1.29, 1.82) is 5.26 Å². The van der Waals surface area contributed by atoms with Gasteiger partial charge in [0.15, 0.2) is 0 Å². The first kappa shape index (κ1) is 14.4. The van der Waals surface area contributed by atoms with Gasteiger partial charge in [-0.1, -0.05) is 0 Å². The number of nitriles is 1. The SMILES string of the molecule is CC(C)(CC(N)=O)Nc1ccc([N+](=O)[O-])cc1C#N. The van der Waals surface area contributed by atoms with Gasteiger partial charge in [0, 0.05) is 24.1 Å². The Balaban J connectivity index is 3.05. The van der Waals surface area contributed by atoms with Crippen LogP contribution in [0.25, 0.3) is 0 Å². The molecule has 0 saturated heterocycles. The van der Waals surface area contributed by atoms with Crippen molar-refractivity contribution in [1.82, 2.24) is 0 Å². The standard InChI is InChI=1S/C12H14N4O3/c1-12(2,6-11(14)17)15-10-4-3-9(16(18)19)5-8(10)7-13/h3-5,15H,6H2,1-2H3,(H2,14,17). The molecule has 0 radical (unpaired) electrons. The molecule has 3 N–H and O–H groups in total. The van der Waals surface area contributed by atoms with Gasteiger partial charge in [-0.25, -0.2) is 0 Å². The lowest BCUT2D eigenvalue weighted by atomic mass is 9.99. The highest BCUT2D eigenvalue weighted by Gasteiger charge is 2.22. The van der Waals surface area contributed by atoms with Gasteiger partial charge in [-0.2, -0.15) is 5.26 Å². The number of primary amides is 1. The predicted octanol–water partition coefficient (Wildman–Crippen LogP) is 1.53. The third-order valence-corrected chi connectivity index (χ3v) is 2.42. The monoisotopic (exact) mass is 262 g/mol. The van der Waals surface area contributed by atoms with Crippen LogP contribution >= 0.6 is 0 Å². The molecule has 0 atom stereocenters. The Morgan fingerprint density at radius 3 is 2.68 bits per heavy atom. The molecule has 7 heteroatoms. The normalized spacial score (nSPS) is 10.6. The highest BCUT2D eigenvalue weighted by molar-refractivity contribution is 5.76. The van der Waals surface area contributed by atoms with Gasteiger partial charge in [-0.3, -0.25) is 14.9 Å². The van der Waals surface area contributed by atoms with Gasteiger partial charge in [0.2, 0.25) is 5.91 Å². The number of carbonyl (C=O) groups excluding carboxylic acids is 1. The average molecular weight is 262 g/mol. The Hall–Kier alpha value is -2.62. The third kappa shape index (κ3) is 3.96. The first-order valence-electron chi connectivity index (χ1n) is 5.50. The zero-order chi connectivity index (χ0) is 14.6. The molecule has 0 spiro atoms. The fourth-order valence-electron chi connectivity index (χ4n) is 1.69. The highest BCUT2D eigenvalue weighted by Crippen LogP contribution is 2.25. The van der Waals surface area contributed by atoms with Crippen LogP contribution in [-0.2, 0) is 4.79 Å². The molecule has 1 aromatic rings. The van der Waals surface area contributed by atoms with Gasteiger partial charge >= 0.3 is 0 Å². The molecule has 100 valence electrons. The summed E-state index contributed by atoms with van der Waals surface area (Å²) in [7, 11) is 0. The first-order chi connectivity index (χ1) is 8.75. The number of nitrogens with two attached hydrogens (primary N) is 1. The number of amides is 1. The molecule has 1 amide bonds. The van der Waals surface area contributed by atoms with Crippen LogP contribution in [-0.4, -0.2) is 16.4 Å². The molecule has 0 aromatic heterocycles. The fourth-order valence-corrected chi connectivity index (χ4v) is 1.69. The molecular formula is C12H14N4O3. The van der Waals surface area contributed by atoms with Crippen LogP contribution in [0, 0.1) is 21.4 Å². The summed E-state index contributed by atoms with van der Waals surface area (Å²) in [6.07, 6.45) is 0.0782. The van der Waals surface area contributed by atoms with Crippen molar-refractivity contribution in [3.8, 4) is 6.07 Å². The maximum atomic E-state index is 10.9. The van der Waals surface area contributed by atoms with Gasteiger partial charge in [0.25, 0.3) is 5.69 Å². The Morgan fingerprint density at radius 1 is 1.58 bits per heavy atom. The van der Waals surface area contributed by atoms with E-state index in [1.165, 1.54) is 18.2 Å². The van der Waals surface area contributed by atoms with Crippen LogP contribution in [0.1, 0.15) is 25.8 Å². The molecule has 0 unspecified atom stereocenters. The van der Waals surface area contributed by atoms with E-state index < -0.39 is 16.4 Å². The quantitative estimate of drug-likeness (QED) is 0.615. The van der Waals surface area contributed by atoms with E-state index in [4.69, 9.17) is 11.0 Å². The largest absolute Gasteiger partial charge is 0.379 e. The number of anilines is 1. The Bertz CT molecular complexity index is 561. The van der Waals surface area contributed by atoms with Crippen molar-refractivity contribution >= 4 is 17.3 Å². The molecular weight excluding hydrogens is 248 g/mol. The minimum Gasteiger partial charge on any atom is -0.379 e. The lowest BCUT2D eigenvalue weighted by Gasteiger charge is -2.26. The average Bonchev–Trinajstić information content (AvgIpc) is 2.26. The number of nitrogens with zero attached hydrogens (tertiary/aromatic N) is 2. The van der Waals surface area contributed by atoms with E-state index in [0.717, 1.165) is 0 Å². The maximum Gasteiger partial charge on any atom is 0.270 e. The number of hydrogen-bond donors (Lipinski definition) is 2. The molecule has 7 nitrogen and oxygen atoms in total. The van der Waals surface area contributed by atoms with Crippen molar-refractivity contribution in [2.75, 3.05) is 5.32 Å². The van der Waals surface area contributed by atoms with Crippen molar-refractivity contribution in [2.24, 2.45) is 5.73 Å². The molecule has 0 bridgehead atoms. The smallest absolute Gasteiger partial charge is 0.270 e. The van der Waals surface area contributed by atoms with E-state index in [9.17, 15) is 14.9 Å². The number of benzene rings is 1. The molecule has 0 saturated carbocycles. The summed E-state index contributed by atoms with van der Waals surface area (Å²) >= 11 is 0. The zero-order valence-corrected chi connectivity index (χ0v) is 10.6. The third-order valence-electron chi connectivity index (χ3n) is 2.42. The zero-order valence-electron chi connectivity index (χ0n) is 10.6. The summed E-state index contributed by atoms with van der Waals surface area (Å²) in [5, 5.41) is 22.6. The number of hydrogen-bond acceptors (Lipinski definition) is 5. The number of nitro groups is 1. The number of nitrogens with one attached hydrogen (secondary N) is 1. The van der Waals surface area contributed by atoms with Crippen LogP contribution in [0.15, 0.2) is 18.2 Å². The number of carbonyl (C=O) groups is 1. The maximum absolute atomic E-state index is 10.9. The Labute approximate surface area is 110 Å². The van der Waals surface area contributed by atoms with E-state index >= 15 is 0 Å². The summed E-state index contributed by atoms with van der Waals surface area (Å²) in [6.45, 7) is 3.50. The number of rotatable bonds is 5. The van der Waals surface area contributed by atoms with Gasteiger partial charge in [-0.15, -0.1) is 0 Å². The van der Waals surface area contributed by atoms with Crippen molar-refractivity contribution in [3.05, 3.63) is 33.9 Å². The Kier molecular flexibility index (Phi) is 4.07. The minimum atomic E-state index is -0.645. The van der Waals surface area contributed by atoms with Crippen molar-refractivity contribution in [3.63, 3.8) is 0 Å². The van der Waals surface area contributed by atoms with E-state index in [-0.39, 0.29) is 17.7 Å². The van der Waals surface area contributed by atoms with E-state index in [1.807, 2.05) is 6.07 Å². The van der Waals surface area contributed by atoms with Crippen molar-refractivity contribution in [2.45, 2.75) is 25.8 Å². The summed E-state index contributed by atoms with van der Waals surface area (Å²) in [4.78, 5) is 21.0. The molecule has 0 aliphatic heterocycles. The van der Waals surface area contributed by atoms with Gasteiger partial charge in [0.05, 0.1) is 16.2 Å². The predicted molar refractivity (Wildman–Crippen MR) is 69.3 cm³/mol. The fraction of sp³-hybridized carbons (Fsp3) is 0.333. The number of nitro benzene ring substituents is 1. The lowest BCUT2D eigenvalue weighted by molar-refractivity contribution is -0.384. The minimum absolute atomic E-state index is 0.0782. The van der Waals surface area contributed by atoms with Crippen LogP contribution in [0.3, 0.4) is 0 Å². The molecule has 0 aliphatic rings. The molecule has 1 rings (SSSR count). The van der Waals surface area contributed by atoms with Crippen LogP contribution in [0.2, 0.25) is 0 Å². The molecule has 1 aromatic carbocycles. The second-order valence-corrected chi connectivity index (χ2v) is 4.75. The second-order valence-electron chi connectivity index (χ2n) is 4.75.